The molecule has 0 atom stereocenters. The standard InChI is InChI=1S/C11H17N7O/c1-17(2)9(19)3-4-13-10-11-14-5-6-18(11)7-8(15-10)16-12/h5-7,16H,3-4,12H2,1-2H3,(H,13,15). The molecule has 2 aromatic heterocycles. The minimum Gasteiger partial charge on any atom is -0.366 e. The van der Waals surface area contributed by atoms with Crippen LogP contribution >= 0.6 is 0 Å². The number of anilines is 2. The third-order valence-electron chi connectivity index (χ3n) is 2.65. The molecular formula is C11H17N7O. The summed E-state index contributed by atoms with van der Waals surface area (Å²) in [4.78, 5) is 21.5. The molecule has 0 aliphatic rings. The van der Waals surface area contributed by atoms with Gasteiger partial charge in [0.2, 0.25) is 5.91 Å². The summed E-state index contributed by atoms with van der Waals surface area (Å²) in [5.41, 5.74) is 3.18. The molecule has 0 aromatic carbocycles. The Balaban J connectivity index is 2.11. The van der Waals surface area contributed by atoms with Gasteiger partial charge in [0.05, 0.1) is 6.20 Å². The Morgan fingerprint density at radius 3 is 3.00 bits per heavy atom. The maximum Gasteiger partial charge on any atom is 0.223 e. The van der Waals surface area contributed by atoms with Crippen LogP contribution < -0.4 is 16.6 Å². The molecule has 2 heterocycles. The predicted molar refractivity (Wildman–Crippen MR) is 72.6 cm³/mol. The molecule has 8 heteroatoms. The Labute approximate surface area is 110 Å². The monoisotopic (exact) mass is 263 g/mol. The van der Waals surface area contributed by atoms with E-state index in [4.69, 9.17) is 5.84 Å². The number of amides is 1. The van der Waals surface area contributed by atoms with E-state index in [1.165, 1.54) is 0 Å². The van der Waals surface area contributed by atoms with Gasteiger partial charge in [0.15, 0.2) is 17.3 Å². The number of hydrogen-bond acceptors (Lipinski definition) is 6. The average Bonchev–Trinajstić information content (AvgIpc) is 2.86. The van der Waals surface area contributed by atoms with Crippen molar-refractivity contribution in [3.05, 3.63) is 18.6 Å². The first-order valence-corrected chi connectivity index (χ1v) is 5.86. The largest absolute Gasteiger partial charge is 0.366 e. The van der Waals surface area contributed by atoms with E-state index in [-0.39, 0.29) is 5.91 Å². The molecule has 0 radical (unpaired) electrons. The SMILES string of the molecule is CN(C)C(=O)CCNc1nc(NN)cn2ccnc12. The number of nitrogens with one attached hydrogen (secondary N) is 2. The first kappa shape index (κ1) is 13.1. The Hall–Kier alpha value is -2.35. The highest BCUT2D eigenvalue weighted by atomic mass is 16.2. The second-order valence-electron chi connectivity index (χ2n) is 4.24. The quantitative estimate of drug-likeness (QED) is 0.514. The second-order valence-corrected chi connectivity index (χ2v) is 4.24. The molecular weight excluding hydrogens is 246 g/mol. The van der Waals surface area contributed by atoms with Gasteiger partial charge < -0.3 is 20.0 Å². The fraction of sp³-hybridized carbons (Fsp3) is 0.364. The summed E-state index contributed by atoms with van der Waals surface area (Å²) in [6.45, 7) is 0.487. The van der Waals surface area contributed by atoms with Crippen molar-refractivity contribution in [3.63, 3.8) is 0 Å². The van der Waals surface area contributed by atoms with Gasteiger partial charge in [-0.25, -0.2) is 15.8 Å². The molecule has 19 heavy (non-hydrogen) atoms. The van der Waals surface area contributed by atoms with Crippen LogP contribution in [-0.4, -0.2) is 45.8 Å². The van der Waals surface area contributed by atoms with Crippen LogP contribution in [0.4, 0.5) is 11.6 Å². The number of fused-ring (bicyclic) bond motifs is 1. The van der Waals surface area contributed by atoms with E-state index in [1.807, 2.05) is 0 Å². The van der Waals surface area contributed by atoms with Crippen molar-refractivity contribution in [1.82, 2.24) is 19.3 Å². The third-order valence-corrected chi connectivity index (χ3v) is 2.65. The van der Waals surface area contributed by atoms with E-state index in [9.17, 15) is 4.79 Å². The number of carbonyl (C=O) groups is 1. The Morgan fingerprint density at radius 1 is 1.53 bits per heavy atom. The van der Waals surface area contributed by atoms with E-state index in [0.717, 1.165) is 0 Å². The van der Waals surface area contributed by atoms with Gasteiger partial charge >= 0.3 is 0 Å². The molecule has 2 rings (SSSR count). The number of hydrogen-bond donors (Lipinski definition) is 3. The first-order valence-electron chi connectivity index (χ1n) is 5.86. The Morgan fingerprint density at radius 2 is 2.32 bits per heavy atom. The van der Waals surface area contributed by atoms with E-state index >= 15 is 0 Å². The number of carbonyl (C=O) groups excluding carboxylic acids is 1. The van der Waals surface area contributed by atoms with Gasteiger partial charge in [0, 0.05) is 39.5 Å². The zero-order valence-electron chi connectivity index (χ0n) is 10.9. The smallest absolute Gasteiger partial charge is 0.223 e. The summed E-state index contributed by atoms with van der Waals surface area (Å²) in [5, 5.41) is 3.10. The van der Waals surface area contributed by atoms with Crippen LogP contribution in [0.15, 0.2) is 18.6 Å². The number of rotatable bonds is 5. The van der Waals surface area contributed by atoms with Gasteiger partial charge in [0.1, 0.15) is 0 Å². The lowest BCUT2D eigenvalue weighted by Crippen LogP contribution is -2.24. The van der Waals surface area contributed by atoms with Crippen molar-refractivity contribution in [3.8, 4) is 0 Å². The lowest BCUT2D eigenvalue weighted by molar-refractivity contribution is -0.128. The molecule has 0 bridgehead atoms. The van der Waals surface area contributed by atoms with Gasteiger partial charge in [-0.3, -0.25) is 4.79 Å². The second kappa shape index (κ2) is 5.53. The summed E-state index contributed by atoms with van der Waals surface area (Å²) in [6.07, 6.45) is 5.60. The lowest BCUT2D eigenvalue weighted by atomic mass is 10.4. The molecule has 4 N–H and O–H groups in total. The van der Waals surface area contributed by atoms with Crippen molar-refractivity contribution >= 4 is 23.2 Å². The predicted octanol–water partition coefficient (Wildman–Crippen LogP) is -0.0949. The van der Waals surface area contributed by atoms with Crippen LogP contribution in [0, 0.1) is 0 Å². The van der Waals surface area contributed by atoms with Crippen LogP contribution in [-0.2, 0) is 4.79 Å². The minimum atomic E-state index is 0.0555. The molecule has 0 fully saturated rings. The fourth-order valence-electron chi connectivity index (χ4n) is 1.63. The van der Waals surface area contributed by atoms with Crippen LogP contribution in [0.5, 0.6) is 0 Å². The maximum absolute atomic E-state index is 11.5. The summed E-state index contributed by atoms with van der Waals surface area (Å²) in [6, 6.07) is 0. The third kappa shape index (κ3) is 2.91. The Bertz CT molecular complexity index is 577. The lowest BCUT2D eigenvalue weighted by Gasteiger charge is -2.12. The molecule has 0 spiro atoms. The molecule has 0 saturated carbocycles. The van der Waals surface area contributed by atoms with E-state index in [1.54, 1.807) is 42.0 Å². The van der Waals surface area contributed by atoms with Gasteiger partial charge in [-0.1, -0.05) is 0 Å². The number of imidazole rings is 1. The van der Waals surface area contributed by atoms with Gasteiger partial charge in [0.25, 0.3) is 0 Å². The maximum atomic E-state index is 11.5. The molecule has 0 unspecified atom stereocenters. The van der Waals surface area contributed by atoms with E-state index < -0.39 is 0 Å². The number of nitrogens with two attached hydrogens (primary N) is 1. The highest BCUT2D eigenvalue weighted by Crippen LogP contribution is 2.15. The minimum absolute atomic E-state index is 0.0555. The van der Waals surface area contributed by atoms with Crippen LogP contribution in [0.25, 0.3) is 5.65 Å². The molecule has 1 amide bonds. The van der Waals surface area contributed by atoms with Gasteiger partial charge in [-0.15, -0.1) is 0 Å². The van der Waals surface area contributed by atoms with Gasteiger partial charge in [-0.2, -0.15) is 0 Å². The van der Waals surface area contributed by atoms with Crippen molar-refractivity contribution < 1.29 is 4.79 Å². The van der Waals surface area contributed by atoms with Crippen molar-refractivity contribution in [2.75, 3.05) is 31.4 Å². The number of aromatic nitrogens is 3. The first-order chi connectivity index (χ1) is 9.11. The summed E-state index contributed by atoms with van der Waals surface area (Å²) < 4.78 is 1.80. The normalized spacial score (nSPS) is 10.5. The Kier molecular flexibility index (Phi) is 3.81. The highest BCUT2D eigenvalue weighted by Gasteiger charge is 2.08. The van der Waals surface area contributed by atoms with Crippen molar-refractivity contribution in [2.24, 2.45) is 5.84 Å². The average molecular weight is 263 g/mol. The van der Waals surface area contributed by atoms with Crippen molar-refractivity contribution in [2.45, 2.75) is 6.42 Å². The topological polar surface area (TPSA) is 101 Å². The van der Waals surface area contributed by atoms with Crippen LogP contribution in [0.1, 0.15) is 6.42 Å². The zero-order chi connectivity index (χ0) is 13.8. The number of nitrogens with zero attached hydrogens (tertiary/aromatic N) is 4. The number of hydrazine groups is 1. The van der Waals surface area contributed by atoms with E-state index in [0.29, 0.717) is 30.2 Å². The highest BCUT2D eigenvalue weighted by molar-refractivity contribution is 5.76. The summed E-state index contributed by atoms with van der Waals surface area (Å²) >= 11 is 0. The molecule has 0 aliphatic heterocycles. The van der Waals surface area contributed by atoms with Crippen LogP contribution in [0.2, 0.25) is 0 Å². The van der Waals surface area contributed by atoms with Crippen LogP contribution in [0.3, 0.4) is 0 Å². The van der Waals surface area contributed by atoms with Gasteiger partial charge in [-0.05, 0) is 0 Å². The molecule has 2 aromatic rings. The zero-order valence-corrected chi connectivity index (χ0v) is 10.9. The summed E-state index contributed by atoms with van der Waals surface area (Å²) in [7, 11) is 3.46. The van der Waals surface area contributed by atoms with E-state index in [2.05, 4.69) is 20.7 Å². The molecule has 0 saturated heterocycles. The summed E-state index contributed by atoms with van der Waals surface area (Å²) in [5.74, 6) is 6.53. The van der Waals surface area contributed by atoms with Crippen molar-refractivity contribution in [1.29, 1.82) is 0 Å². The number of nitrogen functional groups attached to an aromatic ring is 1. The molecule has 102 valence electrons. The molecule has 8 nitrogen and oxygen atoms in total. The fourth-order valence-corrected chi connectivity index (χ4v) is 1.63. The molecule has 0 aliphatic carbocycles.